The molecular weight excluding hydrogens is 250 g/mol. The van der Waals surface area contributed by atoms with Crippen LogP contribution in [0, 0.1) is 5.41 Å². The van der Waals surface area contributed by atoms with Crippen LogP contribution in [0.15, 0.2) is 0 Å². The van der Waals surface area contributed by atoms with Crippen molar-refractivity contribution >= 4 is 5.91 Å². The fourth-order valence-electron chi connectivity index (χ4n) is 3.56. The Bertz CT molecular complexity index is 322. The molecule has 1 atom stereocenters. The van der Waals surface area contributed by atoms with Crippen molar-refractivity contribution in [3.05, 3.63) is 0 Å². The number of hydrogen-bond donors (Lipinski definition) is 2. The quantitative estimate of drug-likeness (QED) is 0.825. The maximum atomic E-state index is 12.5. The molecule has 0 saturated carbocycles. The van der Waals surface area contributed by atoms with Crippen molar-refractivity contribution in [1.82, 2.24) is 15.5 Å². The molecule has 0 bridgehead atoms. The van der Waals surface area contributed by atoms with Gasteiger partial charge in [-0.1, -0.05) is 20.8 Å². The Kier molecular flexibility index (Phi) is 5.44. The fourth-order valence-corrected chi connectivity index (χ4v) is 3.56. The molecule has 2 aliphatic heterocycles. The van der Waals surface area contributed by atoms with Gasteiger partial charge in [0.25, 0.3) is 0 Å². The second kappa shape index (κ2) is 6.90. The van der Waals surface area contributed by atoms with Crippen molar-refractivity contribution in [3.8, 4) is 0 Å². The zero-order chi connectivity index (χ0) is 14.6. The lowest BCUT2D eigenvalue weighted by atomic mass is 9.77. The summed E-state index contributed by atoms with van der Waals surface area (Å²) in [5.74, 6) is 0.212. The van der Waals surface area contributed by atoms with Crippen LogP contribution in [0.25, 0.3) is 0 Å². The fraction of sp³-hybridized carbons (Fsp3) is 0.938. The largest absolute Gasteiger partial charge is 0.352 e. The van der Waals surface area contributed by atoms with Crippen LogP contribution in [-0.4, -0.2) is 49.1 Å². The molecule has 0 aliphatic carbocycles. The molecule has 1 amide bonds. The first-order valence-electron chi connectivity index (χ1n) is 8.29. The predicted molar refractivity (Wildman–Crippen MR) is 82.7 cm³/mol. The summed E-state index contributed by atoms with van der Waals surface area (Å²) in [4.78, 5) is 15.0. The van der Waals surface area contributed by atoms with E-state index >= 15 is 0 Å². The standard InChI is InChI=1S/C16H31N3O/c1-4-10-19-11-6-13(7-12-19)18-15(20)14-16(2,3)8-5-9-17-14/h13-14,17H,4-12H2,1-3H3,(H,18,20). The van der Waals surface area contributed by atoms with Crippen molar-refractivity contribution < 1.29 is 4.79 Å². The SMILES string of the molecule is CCCN1CCC(NC(=O)C2NCCCC2(C)C)CC1. The van der Waals surface area contributed by atoms with Crippen molar-refractivity contribution in [2.24, 2.45) is 5.41 Å². The highest BCUT2D eigenvalue weighted by Gasteiger charge is 2.37. The number of piperidine rings is 2. The van der Waals surface area contributed by atoms with Gasteiger partial charge in [-0.05, 0) is 50.6 Å². The monoisotopic (exact) mass is 281 g/mol. The Morgan fingerprint density at radius 3 is 2.65 bits per heavy atom. The summed E-state index contributed by atoms with van der Waals surface area (Å²) >= 11 is 0. The maximum Gasteiger partial charge on any atom is 0.237 e. The summed E-state index contributed by atoms with van der Waals surface area (Å²) in [5.41, 5.74) is 0.0746. The third kappa shape index (κ3) is 3.95. The van der Waals surface area contributed by atoms with E-state index in [-0.39, 0.29) is 17.4 Å². The molecule has 116 valence electrons. The first-order valence-corrected chi connectivity index (χ1v) is 8.29. The van der Waals surface area contributed by atoms with Crippen molar-refractivity contribution in [3.63, 3.8) is 0 Å². The molecule has 0 aromatic carbocycles. The Labute approximate surface area is 123 Å². The van der Waals surface area contributed by atoms with Gasteiger partial charge in [0.05, 0.1) is 6.04 Å². The molecule has 0 radical (unpaired) electrons. The third-order valence-electron chi connectivity index (χ3n) is 4.86. The summed E-state index contributed by atoms with van der Waals surface area (Å²) in [5, 5.41) is 6.68. The maximum absolute atomic E-state index is 12.5. The predicted octanol–water partition coefficient (Wildman–Crippen LogP) is 1.76. The first kappa shape index (κ1) is 15.8. The van der Waals surface area contributed by atoms with E-state index in [2.05, 4.69) is 36.3 Å². The van der Waals surface area contributed by atoms with Crippen LogP contribution in [0.5, 0.6) is 0 Å². The molecule has 2 fully saturated rings. The van der Waals surface area contributed by atoms with E-state index in [1.807, 2.05) is 0 Å². The van der Waals surface area contributed by atoms with Gasteiger partial charge in [-0.2, -0.15) is 0 Å². The number of nitrogens with zero attached hydrogens (tertiary/aromatic N) is 1. The molecule has 2 saturated heterocycles. The minimum Gasteiger partial charge on any atom is -0.352 e. The molecule has 2 aliphatic rings. The van der Waals surface area contributed by atoms with E-state index in [1.165, 1.54) is 19.4 Å². The van der Waals surface area contributed by atoms with Gasteiger partial charge < -0.3 is 15.5 Å². The lowest BCUT2D eigenvalue weighted by Crippen LogP contribution is -2.58. The molecule has 1 unspecified atom stereocenters. The van der Waals surface area contributed by atoms with E-state index in [0.717, 1.165) is 38.9 Å². The molecule has 2 heterocycles. The second-order valence-electron chi connectivity index (χ2n) is 7.10. The van der Waals surface area contributed by atoms with E-state index < -0.39 is 0 Å². The number of carbonyl (C=O) groups excluding carboxylic acids is 1. The normalized spacial score (nSPS) is 28.2. The van der Waals surface area contributed by atoms with Crippen molar-refractivity contribution in [1.29, 1.82) is 0 Å². The van der Waals surface area contributed by atoms with Gasteiger partial charge in [0.15, 0.2) is 0 Å². The molecule has 2 N–H and O–H groups in total. The Morgan fingerprint density at radius 1 is 1.35 bits per heavy atom. The molecule has 0 spiro atoms. The van der Waals surface area contributed by atoms with Crippen LogP contribution in [0.2, 0.25) is 0 Å². The molecule has 0 aromatic rings. The molecule has 4 nitrogen and oxygen atoms in total. The molecule has 2 rings (SSSR count). The van der Waals surface area contributed by atoms with Gasteiger partial charge in [-0.25, -0.2) is 0 Å². The zero-order valence-electron chi connectivity index (χ0n) is 13.4. The Hall–Kier alpha value is -0.610. The minimum absolute atomic E-state index is 0.0232. The van der Waals surface area contributed by atoms with E-state index in [1.54, 1.807) is 0 Å². The average Bonchev–Trinajstić information content (AvgIpc) is 2.40. The zero-order valence-corrected chi connectivity index (χ0v) is 13.4. The highest BCUT2D eigenvalue weighted by Crippen LogP contribution is 2.30. The van der Waals surface area contributed by atoms with E-state index in [4.69, 9.17) is 0 Å². The van der Waals surface area contributed by atoms with Gasteiger partial charge in [-0.15, -0.1) is 0 Å². The van der Waals surface area contributed by atoms with Crippen LogP contribution in [0.3, 0.4) is 0 Å². The lowest BCUT2D eigenvalue weighted by molar-refractivity contribution is -0.127. The van der Waals surface area contributed by atoms with Crippen molar-refractivity contribution in [2.75, 3.05) is 26.2 Å². The van der Waals surface area contributed by atoms with Crippen LogP contribution >= 0.6 is 0 Å². The van der Waals surface area contributed by atoms with Crippen molar-refractivity contribution in [2.45, 2.75) is 65.0 Å². The summed E-state index contributed by atoms with van der Waals surface area (Å²) in [6.07, 6.45) is 5.72. The lowest BCUT2D eigenvalue weighted by Gasteiger charge is -2.40. The summed E-state index contributed by atoms with van der Waals surface area (Å²) in [7, 11) is 0. The Balaban J connectivity index is 1.80. The number of nitrogens with one attached hydrogen (secondary N) is 2. The minimum atomic E-state index is -0.0232. The topological polar surface area (TPSA) is 44.4 Å². The highest BCUT2D eigenvalue weighted by molar-refractivity contribution is 5.83. The number of hydrogen-bond acceptors (Lipinski definition) is 3. The average molecular weight is 281 g/mol. The van der Waals surface area contributed by atoms with Crippen LogP contribution in [0.4, 0.5) is 0 Å². The van der Waals surface area contributed by atoms with Gasteiger partial charge in [-0.3, -0.25) is 4.79 Å². The number of carbonyl (C=O) groups is 1. The van der Waals surface area contributed by atoms with Gasteiger partial charge in [0, 0.05) is 19.1 Å². The van der Waals surface area contributed by atoms with Crippen LogP contribution in [-0.2, 0) is 4.79 Å². The van der Waals surface area contributed by atoms with E-state index in [0.29, 0.717) is 6.04 Å². The third-order valence-corrected chi connectivity index (χ3v) is 4.86. The molecule has 20 heavy (non-hydrogen) atoms. The van der Waals surface area contributed by atoms with Gasteiger partial charge in [0.1, 0.15) is 0 Å². The van der Waals surface area contributed by atoms with E-state index in [9.17, 15) is 4.79 Å². The summed E-state index contributed by atoms with van der Waals surface area (Å²) < 4.78 is 0. The van der Waals surface area contributed by atoms with Crippen LogP contribution < -0.4 is 10.6 Å². The molecule has 4 heteroatoms. The summed E-state index contributed by atoms with van der Waals surface area (Å²) in [6.45, 7) is 11.0. The molecular formula is C16H31N3O. The van der Waals surface area contributed by atoms with Gasteiger partial charge >= 0.3 is 0 Å². The number of rotatable bonds is 4. The Morgan fingerprint density at radius 2 is 2.05 bits per heavy atom. The summed E-state index contributed by atoms with van der Waals surface area (Å²) in [6, 6.07) is 0.347. The first-order chi connectivity index (χ1) is 9.53. The number of likely N-dealkylation sites (tertiary alicyclic amines) is 1. The van der Waals surface area contributed by atoms with Gasteiger partial charge in [0.2, 0.25) is 5.91 Å². The van der Waals surface area contributed by atoms with Crippen LogP contribution in [0.1, 0.15) is 52.9 Å². The molecule has 0 aromatic heterocycles. The number of amides is 1. The smallest absolute Gasteiger partial charge is 0.237 e. The highest BCUT2D eigenvalue weighted by atomic mass is 16.2. The second-order valence-corrected chi connectivity index (χ2v) is 7.10.